The number of amides is 1. The molecule has 3 nitrogen and oxygen atoms in total. The highest BCUT2D eigenvalue weighted by Gasteiger charge is 2.20. The number of hydrogen-bond acceptors (Lipinski definition) is 3. The smallest absolute Gasteiger partial charge is 0.251 e. The van der Waals surface area contributed by atoms with Gasteiger partial charge in [-0.2, -0.15) is 0 Å². The molecule has 28 heavy (non-hydrogen) atoms. The van der Waals surface area contributed by atoms with Crippen LogP contribution in [0.15, 0.2) is 72.8 Å². The topological polar surface area (TPSA) is 55.1 Å². The Morgan fingerprint density at radius 1 is 0.964 bits per heavy atom. The predicted octanol–water partition coefficient (Wildman–Crippen LogP) is 5.83. The first-order valence-electron chi connectivity index (χ1n) is 8.80. The van der Waals surface area contributed by atoms with Gasteiger partial charge in [-0.1, -0.05) is 59.6 Å². The molecule has 3 N–H and O–H groups in total. The summed E-state index contributed by atoms with van der Waals surface area (Å²) >= 11 is 14.3. The number of anilines is 1. The third-order valence-electron chi connectivity index (χ3n) is 4.23. The van der Waals surface area contributed by atoms with Gasteiger partial charge < -0.3 is 11.1 Å². The largest absolute Gasteiger partial charge is 0.398 e. The molecule has 3 aromatic carbocycles. The van der Waals surface area contributed by atoms with Crippen molar-refractivity contribution in [2.75, 3.05) is 18.0 Å². The number of rotatable bonds is 7. The van der Waals surface area contributed by atoms with Crippen molar-refractivity contribution in [3.05, 3.63) is 99.5 Å². The highest BCUT2D eigenvalue weighted by molar-refractivity contribution is 7.99. The average Bonchev–Trinajstić information content (AvgIpc) is 2.71. The number of carbonyl (C=O) groups excluding carboxylic acids is 1. The van der Waals surface area contributed by atoms with Crippen LogP contribution in [0.4, 0.5) is 5.69 Å². The zero-order valence-electron chi connectivity index (χ0n) is 15.1. The van der Waals surface area contributed by atoms with E-state index in [9.17, 15) is 4.79 Å². The highest BCUT2D eigenvalue weighted by Crippen LogP contribution is 2.41. The lowest BCUT2D eigenvalue weighted by molar-refractivity contribution is 0.0956. The number of nitrogens with two attached hydrogens (primary N) is 1. The molecular weight excluding hydrogens is 411 g/mol. The minimum absolute atomic E-state index is 0.0824. The van der Waals surface area contributed by atoms with Crippen molar-refractivity contribution in [3.8, 4) is 0 Å². The first-order chi connectivity index (χ1) is 13.6. The maximum atomic E-state index is 12.2. The van der Waals surface area contributed by atoms with Crippen LogP contribution in [-0.2, 0) is 0 Å². The van der Waals surface area contributed by atoms with Gasteiger partial charge >= 0.3 is 0 Å². The molecule has 144 valence electrons. The van der Waals surface area contributed by atoms with Gasteiger partial charge in [0.1, 0.15) is 0 Å². The van der Waals surface area contributed by atoms with Crippen molar-refractivity contribution in [2.24, 2.45) is 0 Å². The summed E-state index contributed by atoms with van der Waals surface area (Å²) in [6.07, 6.45) is 0. The Bertz CT molecular complexity index is 950. The summed E-state index contributed by atoms with van der Waals surface area (Å²) in [5.74, 6) is 0.609. The Labute approximate surface area is 179 Å². The third-order valence-corrected chi connectivity index (χ3v) is 6.09. The van der Waals surface area contributed by atoms with Crippen LogP contribution in [-0.4, -0.2) is 18.2 Å². The minimum Gasteiger partial charge on any atom is -0.398 e. The molecule has 0 radical (unpaired) electrons. The second-order valence-corrected chi connectivity index (χ2v) is 8.22. The van der Waals surface area contributed by atoms with Gasteiger partial charge in [-0.15, -0.1) is 11.8 Å². The molecule has 6 heteroatoms. The van der Waals surface area contributed by atoms with E-state index in [0.29, 0.717) is 33.6 Å². The van der Waals surface area contributed by atoms with Gasteiger partial charge in [0, 0.05) is 33.6 Å². The molecule has 0 spiro atoms. The van der Waals surface area contributed by atoms with Crippen LogP contribution in [0.3, 0.4) is 0 Å². The van der Waals surface area contributed by atoms with Crippen LogP contribution in [0.5, 0.6) is 0 Å². The first kappa shape index (κ1) is 20.6. The second kappa shape index (κ2) is 9.87. The van der Waals surface area contributed by atoms with Gasteiger partial charge in [0.05, 0.1) is 5.25 Å². The fraction of sp³-hybridized carbons (Fsp3) is 0.136. The van der Waals surface area contributed by atoms with Gasteiger partial charge in [-0.3, -0.25) is 4.79 Å². The number of benzene rings is 3. The number of thioether (sulfide) groups is 1. The average molecular weight is 431 g/mol. The molecule has 3 rings (SSSR count). The summed E-state index contributed by atoms with van der Waals surface area (Å²) in [5.41, 5.74) is 9.42. The van der Waals surface area contributed by atoms with E-state index in [2.05, 4.69) is 5.32 Å². The van der Waals surface area contributed by atoms with E-state index < -0.39 is 0 Å². The van der Waals surface area contributed by atoms with E-state index in [-0.39, 0.29) is 11.2 Å². The fourth-order valence-corrected chi connectivity index (χ4v) is 4.55. The number of nitrogens with one attached hydrogen (secondary N) is 1. The van der Waals surface area contributed by atoms with Crippen molar-refractivity contribution in [2.45, 2.75) is 5.25 Å². The van der Waals surface area contributed by atoms with Crippen LogP contribution in [0, 0.1) is 0 Å². The number of nitrogen functional groups attached to an aromatic ring is 1. The number of hydrogen-bond donors (Lipinski definition) is 2. The number of carbonyl (C=O) groups is 1. The molecule has 0 aliphatic carbocycles. The standard InChI is InChI=1S/C22H20Cl2N2OS/c23-16-10-11-20(25)18(14-16)21(17-8-4-5-9-19(17)24)28-13-12-26-22(27)15-6-2-1-3-7-15/h1-11,14,21H,12-13,25H2,(H,26,27). The molecule has 0 heterocycles. The molecule has 0 aliphatic heterocycles. The zero-order valence-corrected chi connectivity index (χ0v) is 17.4. The van der Waals surface area contributed by atoms with Crippen molar-refractivity contribution in [3.63, 3.8) is 0 Å². The van der Waals surface area contributed by atoms with Crippen LogP contribution >= 0.6 is 35.0 Å². The van der Waals surface area contributed by atoms with Crippen molar-refractivity contribution < 1.29 is 4.79 Å². The van der Waals surface area contributed by atoms with Gasteiger partial charge in [0.15, 0.2) is 0 Å². The summed E-state index contributed by atoms with van der Waals surface area (Å²) in [6, 6.07) is 22.3. The van der Waals surface area contributed by atoms with Crippen LogP contribution < -0.4 is 11.1 Å². The maximum absolute atomic E-state index is 12.2. The summed E-state index contributed by atoms with van der Waals surface area (Å²) < 4.78 is 0. The predicted molar refractivity (Wildman–Crippen MR) is 120 cm³/mol. The lowest BCUT2D eigenvalue weighted by Crippen LogP contribution is -2.25. The summed E-state index contributed by atoms with van der Waals surface area (Å²) in [4.78, 5) is 12.2. The van der Waals surface area contributed by atoms with Crippen molar-refractivity contribution in [1.29, 1.82) is 0 Å². The Morgan fingerprint density at radius 2 is 1.68 bits per heavy atom. The zero-order chi connectivity index (χ0) is 19.9. The molecule has 3 aromatic rings. The molecule has 0 saturated heterocycles. The normalized spacial score (nSPS) is 11.8. The Balaban J connectivity index is 1.72. The summed E-state index contributed by atoms with van der Waals surface area (Å²) in [7, 11) is 0. The van der Waals surface area contributed by atoms with E-state index in [1.807, 2.05) is 48.5 Å². The molecular formula is C22H20Cl2N2OS. The second-order valence-electron chi connectivity index (χ2n) is 6.17. The Kier molecular flexibility index (Phi) is 7.26. The van der Waals surface area contributed by atoms with E-state index in [4.69, 9.17) is 28.9 Å². The molecule has 1 amide bonds. The van der Waals surface area contributed by atoms with E-state index in [1.54, 1.807) is 36.0 Å². The van der Waals surface area contributed by atoms with E-state index in [0.717, 1.165) is 11.1 Å². The quantitative estimate of drug-likeness (QED) is 0.366. The molecule has 0 fully saturated rings. The Hall–Kier alpha value is -2.14. The maximum Gasteiger partial charge on any atom is 0.251 e. The molecule has 1 atom stereocenters. The van der Waals surface area contributed by atoms with Gasteiger partial charge in [-0.05, 0) is 47.5 Å². The summed E-state index contributed by atoms with van der Waals surface area (Å²) in [5, 5.41) is 4.16. The fourth-order valence-electron chi connectivity index (χ4n) is 2.84. The number of halogens is 2. The van der Waals surface area contributed by atoms with Crippen LogP contribution in [0.2, 0.25) is 10.0 Å². The molecule has 0 saturated carbocycles. The lowest BCUT2D eigenvalue weighted by atomic mass is 10.0. The SMILES string of the molecule is Nc1ccc(Cl)cc1C(SCCNC(=O)c1ccccc1)c1ccccc1Cl. The van der Waals surface area contributed by atoms with Crippen LogP contribution in [0.1, 0.15) is 26.7 Å². The highest BCUT2D eigenvalue weighted by atomic mass is 35.5. The van der Waals surface area contributed by atoms with Crippen molar-refractivity contribution >= 4 is 46.6 Å². The van der Waals surface area contributed by atoms with Crippen LogP contribution in [0.25, 0.3) is 0 Å². The molecule has 0 aromatic heterocycles. The first-order valence-corrected chi connectivity index (χ1v) is 10.6. The van der Waals surface area contributed by atoms with E-state index >= 15 is 0 Å². The van der Waals surface area contributed by atoms with Gasteiger partial charge in [-0.25, -0.2) is 0 Å². The minimum atomic E-state index is -0.0854. The molecule has 0 bridgehead atoms. The van der Waals surface area contributed by atoms with E-state index in [1.165, 1.54) is 0 Å². The van der Waals surface area contributed by atoms with Gasteiger partial charge in [0.2, 0.25) is 0 Å². The lowest BCUT2D eigenvalue weighted by Gasteiger charge is -2.21. The van der Waals surface area contributed by atoms with Gasteiger partial charge in [0.25, 0.3) is 5.91 Å². The summed E-state index contributed by atoms with van der Waals surface area (Å²) in [6.45, 7) is 0.528. The monoisotopic (exact) mass is 430 g/mol. The molecule has 1 unspecified atom stereocenters. The Morgan fingerprint density at radius 3 is 2.43 bits per heavy atom. The third kappa shape index (κ3) is 5.22. The van der Waals surface area contributed by atoms with Crippen molar-refractivity contribution in [1.82, 2.24) is 5.32 Å². The molecule has 0 aliphatic rings.